The van der Waals surface area contributed by atoms with Crippen LogP contribution in [-0.2, 0) is 29.4 Å². The van der Waals surface area contributed by atoms with Gasteiger partial charge in [0.25, 0.3) is 0 Å². The summed E-state index contributed by atoms with van der Waals surface area (Å²) in [5, 5.41) is 3.22. The molecule has 2 fully saturated rings. The fourth-order valence-electron chi connectivity index (χ4n) is 4.30. The predicted octanol–water partition coefficient (Wildman–Crippen LogP) is 1.08. The second-order valence-electron chi connectivity index (χ2n) is 7.04. The number of benzene rings is 1. The first kappa shape index (κ1) is 19.4. The summed E-state index contributed by atoms with van der Waals surface area (Å²) in [5.74, 6) is -3.09. The lowest BCUT2D eigenvalue weighted by Crippen LogP contribution is -2.59. The lowest BCUT2D eigenvalue weighted by molar-refractivity contribution is -0.161. The zero-order chi connectivity index (χ0) is 19.4. The van der Waals surface area contributed by atoms with E-state index in [1.165, 1.54) is 14.2 Å². The lowest BCUT2D eigenvalue weighted by Gasteiger charge is -2.39. The third-order valence-corrected chi connectivity index (χ3v) is 5.64. The number of likely N-dealkylation sites (tertiary alicyclic amines) is 1. The van der Waals surface area contributed by atoms with Crippen molar-refractivity contribution >= 4 is 17.8 Å². The van der Waals surface area contributed by atoms with Gasteiger partial charge in [0.05, 0.1) is 20.1 Å². The fourth-order valence-corrected chi connectivity index (χ4v) is 4.30. The van der Waals surface area contributed by atoms with Crippen LogP contribution in [0.2, 0.25) is 0 Å². The maximum absolute atomic E-state index is 13.7. The summed E-state index contributed by atoms with van der Waals surface area (Å²) in [6, 6.07) is 9.11. The van der Waals surface area contributed by atoms with E-state index in [1.54, 1.807) is 4.90 Å². The summed E-state index contributed by atoms with van der Waals surface area (Å²) in [6.07, 6.45) is 2.95. The smallest absolute Gasteiger partial charge is 0.312 e. The van der Waals surface area contributed by atoms with Gasteiger partial charge >= 0.3 is 11.9 Å². The molecule has 0 radical (unpaired) electrons. The molecule has 7 nitrogen and oxygen atoms in total. The molecule has 1 amide bonds. The van der Waals surface area contributed by atoms with Gasteiger partial charge in [-0.05, 0) is 24.8 Å². The molecule has 0 saturated carbocycles. The van der Waals surface area contributed by atoms with Crippen molar-refractivity contribution in [1.82, 2.24) is 10.2 Å². The SMILES string of the molecule is COC(=O)[C@@H]1CN[C@](C(=O)N2CCCCC2)(c2ccccc2)[C@H]1C(=O)OC. The Morgan fingerprint density at radius 2 is 1.63 bits per heavy atom. The summed E-state index contributed by atoms with van der Waals surface area (Å²) in [5.41, 5.74) is -0.688. The zero-order valence-corrected chi connectivity index (χ0v) is 15.8. The first-order valence-electron chi connectivity index (χ1n) is 9.32. The molecule has 3 atom stereocenters. The molecule has 2 saturated heterocycles. The average molecular weight is 374 g/mol. The maximum atomic E-state index is 13.7. The topological polar surface area (TPSA) is 84.9 Å². The molecule has 27 heavy (non-hydrogen) atoms. The van der Waals surface area contributed by atoms with Gasteiger partial charge in [-0.15, -0.1) is 0 Å². The van der Waals surface area contributed by atoms with Crippen LogP contribution >= 0.6 is 0 Å². The number of methoxy groups -OCH3 is 2. The van der Waals surface area contributed by atoms with E-state index in [0.717, 1.165) is 19.3 Å². The number of nitrogens with zero attached hydrogens (tertiary/aromatic N) is 1. The van der Waals surface area contributed by atoms with Gasteiger partial charge in [0.2, 0.25) is 5.91 Å². The molecule has 1 aromatic rings. The van der Waals surface area contributed by atoms with Gasteiger partial charge in [-0.2, -0.15) is 0 Å². The van der Waals surface area contributed by atoms with Crippen LogP contribution in [0.5, 0.6) is 0 Å². The van der Waals surface area contributed by atoms with Crippen molar-refractivity contribution < 1.29 is 23.9 Å². The van der Waals surface area contributed by atoms with Crippen molar-refractivity contribution in [3.8, 4) is 0 Å². The Morgan fingerprint density at radius 1 is 1.00 bits per heavy atom. The molecule has 2 aliphatic rings. The third kappa shape index (κ3) is 3.32. The minimum absolute atomic E-state index is 0.168. The predicted molar refractivity (Wildman–Crippen MR) is 97.6 cm³/mol. The van der Waals surface area contributed by atoms with Gasteiger partial charge in [-0.25, -0.2) is 0 Å². The molecule has 146 valence electrons. The van der Waals surface area contributed by atoms with E-state index in [2.05, 4.69) is 5.32 Å². The van der Waals surface area contributed by atoms with Crippen LogP contribution in [-0.4, -0.2) is 56.6 Å². The van der Waals surface area contributed by atoms with Crippen LogP contribution in [0, 0.1) is 11.8 Å². The molecule has 0 aromatic heterocycles. The van der Waals surface area contributed by atoms with Crippen molar-refractivity contribution in [3.05, 3.63) is 35.9 Å². The van der Waals surface area contributed by atoms with E-state index in [4.69, 9.17) is 9.47 Å². The number of rotatable bonds is 4. The third-order valence-electron chi connectivity index (χ3n) is 5.64. The number of esters is 2. The van der Waals surface area contributed by atoms with E-state index in [9.17, 15) is 14.4 Å². The molecule has 1 aromatic carbocycles. The summed E-state index contributed by atoms with van der Waals surface area (Å²) in [7, 11) is 2.56. The molecule has 2 aliphatic heterocycles. The molecule has 7 heteroatoms. The molecule has 3 rings (SSSR count). The van der Waals surface area contributed by atoms with Crippen molar-refractivity contribution in [2.24, 2.45) is 11.8 Å². The van der Waals surface area contributed by atoms with Crippen LogP contribution in [0.1, 0.15) is 24.8 Å². The van der Waals surface area contributed by atoms with E-state index in [1.807, 2.05) is 30.3 Å². The molecule has 2 heterocycles. The molecule has 0 unspecified atom stereocenters. The van der Waals surface area contributed by atoms with Crippen molar-refractivity contribution in [2.45, 2.75) is 24.8 Å². The molecule has 1 N–H and O–H groups in total. The first-order valence-corrected chi connectivity index (χ1v) is 9.32. The standard InChI is InChI=1S/C20H26N2O5/c1-26-17(23)15-13-21-20(16(15)18(24)27-2,14-9-5-3-6-10-14)19(25)22-11-7-4-8-12-22/h3,5-6,9-10,15-16,21H,4,7-8,11-13H2,1-2H3/t15-,16-,20-/m1/s1. The molecular weight excluding hydrogens is 348 g/mol. The van der Waals surface area contributed by atoms with E-state index < -0.39 is 29.3 Å². The lowest BCUT2D eigenvalue weighted by atomic mass is 9.74. The van der Waals surface area contributed by atoms with E-state index >= 15 is 0 Å². The van der Waals surface area contributed by atoms with Gasteiger partial charge in [0.15, 0.2) is 0 Å². The fraction of sp³-hybridized carbons (Fsp3) is 0.550. The highest BCUT2D eigenvalue weighted by molar-refractivity contribution is 5.97. The minimum Gasteiger partial charge on any atom is -0.469 e. The Kier molecular flexibility index (Phi) is 5.79. The highest BCUT2D eigenvalue weighted by Crippen LogP contribution is 2.43. The number of hydrogen-bond donors (Lipinski definition) is 1. The average Bonchev–Trinajstić information content (AvgIpc) is 3.14. The van der Waals surface area contributed by atoms with E-state index in [0.29, 0.717) is 18.7 Å². The van der Waals surface area contributed by atoms with Crippen molar-refractivity contribution in [2.75, 3.05) is 33.9 Å². The molecule has 0 bridgehead atoms. The first-order chi connectivity index (χ1) is 13.1. The molecular formula is C20H26N2O5. The van der Waals surface area contributed by atoms with Gasteiger partial charge in [0, 0.05) is 19.6 Å². The summed E-state index contributed by atoms with van der Waals surface area (Å²) >= 11 is 0. The Labute approximate surface area is 159 Å². The number of piperidine rings is 1. The Bertz CT molecular complexity index is 702. The molecule has 0 aliphatic carbocycles. The normalized spacial score (nSPS) is 27.9. The van der Waals surface area contributed by atoms with Gasteiger partial charge in [-0.1, -0.05) is 30.3 Å². The highest BCUT2D eigenvalue weighted by atomic mass is 16.5. The number of nitrogens with one attached hydrogen (secondary N) is 1. The largest absolute Gasteiger partial charge is 0.469 e. The summed E-state index contributed by atoms with van der Waals surface area (Å²) in [4.78, 5) is 40.7. The second kappa shape index (κ2) is 8.08. The number of amides is 1. The highest BCUT2D eigenvalue weighted by Gasteiger charge is 2.61. The molecule has 0 spiro atoms. The Morgan fingerprint density at radius 3 is 2.22 bits per heavy atom. The summed E-state index contributed by atoms with van der Waals surface area (Å²) < 4.78 is 9.92. The van der Waals surface area contributed by atoms with Gasteiger partial charge < -0.3 is 14.4 Å². The van der Waals surface area contributed by atoms with Gasteiger partial charge in [0.1, 0.15) is 11.5 Å². The van der Waals surface area contributed by atoms with Crippen LogP contribution in [0.25, 0.3) is 0 Å². The quantitative estimate of drug-likeness (QED) is 0.794. The second-order valence-corrected chi connectivity index (χ2v) is 7.04. The van der Waals surface area contributed by atoms with Crippen LogP contribution < -0.4 is 5.32 Å². The summed E-state index contributed by atoms with van der Waals surface area (Å²) in [6.45, 7) is 1.46. The zero-order valence-electron chi connectivity index (χ0n) is 15.8. The number of hydrogen-bond acceptors (Lipinski definition) is 6. The van der Waals surface area contributed by atoms with Crippen LogP contribution in [0.4, 0.5) is 0 Å². The van der Waals surface area contributed by atoms with Crippen molar-refractivity contribution in [1.29, 1.82) is 0 Å². The van der Waals surface area contributed by atoms with Crippen LogP contribution in [0.3, 0.4) is 0 Å². The number of carbonyl (C=O) groups is 3. The minimum atomic E-state index is -1.34. The Balaban J connectivity index is 2.12. The number of ether oxygens (including phenoxy) is 2. The number of carbonyl (C=O) groups excluding carboxylic acids is 3. The Hall–Kier alpha value is -2.41. The van der Waals surface area contributed by atoms with E-state index in [-0.39, 0.29) is 12.5 Å². The monoisotopic (exact) mass is 374 g/mol. The maximum Gasteiger partial charge on any atom is 0.312 e. The van der Waals surface area contributed by atoms with Crippen LogP contribution in [0.15, 0.2) is 30.3 Å². The van der Waals surface area contributed by atoms with Gasteiger partial charge in [-0.3, -0.25) is 19.7 Å². The van der Waals surface area contributed by atoms with Crippen molar-refractivity contribution in [3.63, 3.8) is 0 Å².